The summed E-state index contributed by atoms with van der Waals surface area (Å²) in [6.07, 6.45) is 1.67. The number of nitrogen functional groups attached to an aromatic ring is 1. The normalized spacial score (nSPS) is 10.5. The second-order valence-corrected chi connectivity index (χ2v) is 5.62. The van der Waals surface area contributed by atoms with Gasteiger partial charge in [-0.05, 0) is 32.9 Å². The zero-order valence-electron chi connectivity index (χ0n) is 16.2. The van der Waals surface area contributed by atoms with Crippen LogP contribution in [0.1, 0.15) is 20.8 Å². The maximum atomic E-state index is 5.99. The van der Waals surface area contributed by atoms with E-state index < -0.39 is 0 Å². The summed E-state index contributed by atoms with van der Waals surface area (Å²) in [6.45, 7) is 7.22. The highest BCUT2D eigenvalue weighted by atomic mass is 16.5. The van der Waals surface area contributed by atoms with E-state index in [1.54, 1.807) is 12.3 Å². The number of hydrogen-bond donors (Lipinski definition) is 2. The molecule has 0 amide bonds. The van der Waals surface area contributed by atoms with Crippen molar-refractivity contribution in [2.75, 3.05) is 30.9 Å². The first-order valence-electron chi connectivity index (χ1n) is 9.13. The van der Waals surface area contributed by atoms with E-state index in [4.69, 9.17) is 19.9 Å². The lowest BCUT2D eigenvalue weighted by Gasteiger charge is -2.17. The Morgan fingerprint density at radius 1 is 1.00 bits per heavy atom. The number of rotatable bonds is 9. The van der Waals surface area contributed by atoms with E-state index in [0.717, 1.165) is 0 Å². The second-order valence-electron chi connectivity index (χ2n) is 5.62. The number of hydrogen-bond acceptors (Lipinski definition) is 8. The number of nitrogens with one attached hydrogen (secondary N) is 1. The molecule has 0 unspecified atom stereocenters. The predicted octanol–water partition coefficient (Wildman–Crippen LogP) is 3.18. The maximum absolute atomic E-state index is 5.99. The Balaban J connectivity index is 1.93. The summed E-state index contributed by atoms with van der Waals surface area (Å²) in [7, 11) is 0. The minimum absolute atomic E-state index is 0.224. The first-order chi connectivity index (χ1) is 13.7. The van der Waals surface area contributed by atoms with Crippen LogP contribution in [0.3, 0.4) is 0 Å². The third-order valence-corrected chi connectivity index (χ3v) is 3.66. The lowest BCUT2D eigenvalue weighted by Crippen LogP contribution is -2.04. The Labute approximate surface area is 163 Å². The quantitative estimate of drug-likeness (QED) is 0.579. The Kier molecular flexibility index (Phi) is 6.15. The molecular weight excluding hydrogens is 360 g/mol. The van der Waals surface area contributed by atoms with Gasteiger partial charge in [0.15, 0.2) is 17.3 Å². The summed E-state index contributed by atoms with van der Waals surface area (Å²) in [5.41, 5.74) is 6.67. The Morgan fingerprint density at radius 3 is 2.25 bits per heavy atom. The second kappa shape index (κ2) is 8.94. The molecule has 3 aromatic rings. The van der Waals surface area contributed by atoms with Gasteiger partial charge >= 0.3 is 0 Å². The molecule has 2 aromatic heterocycles. The van der Waals surface area contributed by atoms with Gasteiger partial charge in [0.2, 0.25) is 17.6 Å². The zero-order valence-corrected chi connectivity index (χ0v) is 16.2. The van der Waals surface area contributed by atoms with E-state index in [1.165, 1.54) is 4.68 Å². The van der Waals surface area contributed by atoms with Crippen molar-refractivity contribution in [1.29, 1.82) is 0 Å². The van der Waals surface area contributed by atoms with Gasteiger partial charge in [-0.15, -0.1) is 5.10 Å². The molecule has 0 radical (unpaired) electrons. The van der Waals surface area contributed by atoms with E-state index in [-0.39, 0.29) is 5.95 Å². The Hall–Kier alpha value is -3.49. The molecule has 9 heteroatoms. The van der Waals surface area contributed by atoms with Crippen molar-refractivity contribution in [2.45, 2.75) is 20.8 Å². The number of benzene rings is 1. The molecule has 0 saturated heterocycles. The van der Waals surface area contributed by atoms with Crippen LogP contribution in [0, 0.1) is 0 Å². The van der Waals surface area contributed by atoms with Crippen molar-refractivity contribution in [2.24, 2.45) is 0 Å². The summed E-state index contributed by atoms with van der Waals surface area (Å²) in [6, 6.07) is 9.10. The van der Waals surface area contributed by atoms with E-state index in [0.29, 0.717) is 54.5 Å². The number of ether oxygens (including phenoxy) is 3. The smallest absolute Gasteiger partial charge is 0.248 e. The average molecular weight is 384 g/mol. The van der Waals surface area contributed by atoms with Crippen LogP contribution in [-0.4, -0.2) is 39.6 Å². The molecule has 3 rings (SSSR count). The summed E-state index contributed by atoms with van der Waals surface area (Å²) in [5.74, 6) is 2.87. The number of pyridine rings is 1. The zero-order chi connectivity index (χ0) is 19.9. The van der Waals surface area contributed by atoms with E-state index in [2.05, 4.69) is 20.4 Å². The minimum atomic E-state index is 0.224. The summed E-state index contributed by atoms with van der Waals surface area (Å²) in [4.78, 5) is 8.49. The molecule has 0 aliphatic rings. The molecule has 0 spiro atoms. The van der Waals surface area contributed by atoms with Crippen LogP contribution in [0.25, 0.3) is 5.82 Å². The van der Waals surface area contributed by atoms with Crippen LogP contribution in [0.4, 0.5) is 17.6 Å². The highest BCUT2D eigenvalue weighted by Crippen LogP contribution is 2.41. The summed E-state index contributed by atoms with van der Waals surface area (Å²) < 4.78 is 18.6. The number of aromatic nitrogens is 4. The van der Waals surface area contributed by atoms with Crippen LogP contribution in [0.2, 0.25) is 0 Å². The van der Waals surface area contributed by atoms with E-state index in [9.17, 15) is 0 Å². The van der Waals surface area contributed by atoms with Crippen LogP contribution in [0.15, 0.2) is 36.5 Å². The fourth-order valence-electron chi connectivity index (χ4n) is 2.61. The largest absolute Gasteiger partial charge is 0.490 e. The fraction of sp³-hybridized carbons (Fsp3) is 0.316. The van der Waals surface area contributed by atoms with Gasteiger partial charge in [-0.25, -0.2) is 4.98 Å². The number of nitrogens with two attached hydrogens (primary N) is 1. The van der Waals surface area contributed by atoms with Crippen molar-refractivity contribution < 1.29 is 14.2 Å². The van der Waals surface area contributed by atoms with Crippen LogP contribution in [-0.2, 0) is 0 Å². The minimum Gasteiger partial charge on any atom is -0.490 e. The first kappa shape index (κ1) is 19.3. The lowest BCUT2D eigenvalue weighted by atomic mass is 10.2. The molecule has 0 aliphatic carbocycles. The molecule has 0 aliphatic heterocycles. The van der Waals surface area contributed by atoms with Crippen LogP contribution >= 0.6 is 0 Å². The van der Waals surface area contributed by atoms with Gasteiger partial charge in [0.05, 0.1) is 19.8 Å². The predicted molar refractivity (Wildman–Crippen MR) is 107 cm³/mol. The molecule has 148 valence electrons. The Bertz CT molecular complexity index is 886. The molecule has 2 heterocycles. The van der Waals surface area contributed by atoms with Crippen molar-refractivity contribution >= 4 is 17.6 Å². The SMILES string of the molecule is CCOc1cc(Nc2nc(N)n(-c3ccccn3)n2)cc(OCC)c1OCC. The van der Waals surface area contributed by atoms with Crippen LogP contribution < -0.4 is 25.3 Å². The third kappa shape index (κ3) is 4.25. The first-order valence-corrected chi connectivity index (χ1v) is 9.13. The molecule has 0 atom stereocenters. The average Bonchev–Trinajstić information content (AvgIpc) is 3.05. The molecule has 28 heavy (non-hydrogen) atoms. The van der Waals surface area contributed by atoms with Crippen molar-refractivity contribution in [1.82, 2.24) is 19.7 Å². The van der Waals surface area contributed by atoms with Gasteiger partial charge < -0.3 is 25.3 Å². The van der Waals surface area contributed by atoms with Crippen molar-refractivity contribution in [3.8, 4) is 23.1 Å². The molecule has 3 N–H and O–H groups in total. The van der Waals surface area contributed by atoms with Gasteiger partial charge in [0.1, 0.15) is 0 Å². The van der Waals surface area contributed by atoms with Crippen LogP contribution in [0.5, 0.6) is 17.2 Å². The summed E-state index contributed by atoms with van der Waals surface area (Å²) >= 11 is 0. The number of nitrogens with zero attached hydrogens (tertiary/aromatic N) is 4. The molecule has 0 fully saturated rings. The highest BCUT2D eigenvalue weighted by Gasteiger charge is 2.17. The molecule has 0 bridgehead atoms. The highest BCUT2D eigenvalue weighted by molar-refractivity contribution is 5.66. The number of anilines is 3. The molecule has 9 nitrogen and oxygen atoms in total. The Morgan fingerprint density at radius 2 is 1.68 bits per heavy atom. The summed E-state index contributed by atoms with van der Waals surface area (Å²) in [5, 5.41) is 7.51. The maximum Gasteiger partial charge on any atom is 0.248 e. The van der Waals surface area contributed by atoms with Crippen molar-refractivity contribution in [3.05, 3.63) is 36.5 Å². The third-order valence-electron chi connectivity index (χ3n) is 3.66. The molecular formula is C19H24N6O3. The standard InChI is InChI=1S/C19H24N6O3/c1-4-26-14-11-13(12-15(27-5-2)17(14)28-6-3)22-19-23-18(20)25(24-19)16-9-7-8-10-21-16/h7-12H,4-6H2,1-3H3,(H3,20,22,23,24). The van der Waals surface area contributed by atoms with Gasteiger partial charge in [0, 0.05) is 24.0 Å². The van der Waals surface area contributed by atoms with Gasteiger partial charge in [-0.2, -0.15) is 9.67 Å². The molecule has 0 saturated carbocycles. The van der Waals surface area contributed by atoms with E-state index in [1.807, 2.05) is 45.0 Å². The van der Waals surface area contributed by atoms with E-state index >= 15 is 0 Å². The van der Waals surface area contributed by atoms with Crippen molar-refractivity contribution in [3.63, 3.8) is 0 Å². The fourth-order valence-corrected chi connectivity index (χ4v) is 2.61. The lowest BCUT2D eigenvalue weighted by molar-refractivity contribution is 0.261. The van der Waals surface area contributed by atoms with Gasteiger partial charge in [-0.3, -0.25) is 0 Å². The molecule has 1 aromatic carbocycles. The monoisotopic (exact) mass is 384 g/mol. The van der Waals surface area contributed by atoms with Gasteiger partial charge in [-0.1, -0.05) is 6.07 Å². The van der Waals surface area contributed by atoms with Gasteiger partial charge in [0.25, 0.3) is 0 Å². The topological polar surface area (TPSA) is 109 Å².